The van der Waals surface area contributed by atoms with Gasteiger partial charge in [0.2, 0.25) is 0 Å². The molecule has 0 aliphatic rings. The summed E-state index contributed by atoms with van der Waals surface area (Å²) in [5.41, 5.74) is 0. The van der Waals surface area contributed by atoms with Crippen LogP contribution in [0.2, 0.25) is 0 Å². The minimum absolute atomic E-state index is 0. The van der Waals surface area contributed by atoms with E-state index in [1.165, 1.54) is 0 Å². The zero-order valence-electron chi connectivity index (χ0n) is 6.61. The van der Waals surface area contributed by atoms with Gasteiger partial charge in [-0.25, -0.2) is 4.79 Å². The second-order valence-corrected chi connectivity index (χ2v) is 2.51. The van der Waals surface area contributed by atoms with Crippen molar-refractivity contribution in [2.45, 2.75) is 24.4 Å². The van der Waals surface area contributed by atoms with Crippen molar-refractivity contribution >= 4 is 73.3 Å². The minimum atomic E-state index is -2.20. The molecule has 0 aliphatic heterocycles. The molecule has 0 bridgehead atoms. The molecule has 0 spiro atoms. The number of hydrogen-bond acceptors (Lipinski definition) is 6. The van der Waals surface area contributed by atoms with Crippen molar-refractivity contribution in [3.8, 4) is 0 Å². The van der Waals surface area contributed by atoms with Crippen LogP contribution in [0.5, 0.6) is 0 Å². The molecule has 0 amide bonds. The summed E-state index contributed by atoms with van der Waals surface area (Å²) in [6.07, 6.45) is -7.84. The Morgan fingerprint density at radius 1 is 1.07 bits per heavy atom. The van der Waals surface area contributed by atoms with Crippen molar-refractivity contribution in [2.24, 2.45) is 0 Å². The first-order valence-corrected chi connectivity index (χ1v) is 3.47. The zero-order chi connectivity index (χ0) is 10.6. The zero-order valence-corrected chi connectivity index (χ0v) is 6.61. The molecule has 7 nitrogen and oxygen atoms in total. The first-order chi connectivity index (χ1) is 5.91. The van der Waals surface area contributed by atoms with E-state index in [0.717, 1.165) is 0 Å². The fourth-order valence-corrected chi connectivity index (χ4v) is 0.668. The molecule has 6 N–H and O–H groups in total. The molecular formula is C6H15CaNaO7. The Morgan fingerprint density at radius 3 is 1.73 bits per heavy atom. The van der Waals surface area contributed by atoms with E-state index < -0.39 is 37.0 Å². The number of carbonyl (C=O) groups is 1. The Morgan fingerprint density at radius 2 is 1.47 bits per heavy atom. The van der Waals surface area contributed by atoms with Gasteiger partial charge in [0.25, 0.3) is 0 Å². The summed E-state index contributed by atoms with van der Waals surface area (Å²) in [4.78, 5) is 10.1. The summed E-state index contributed by atoms with van der Waals surface area (Å²) in [6, 6.07) is 0. The van der Waals surface area contributed by atoms with Gasteiger partial charge in [-0.3, -0.25) is 0 Å². The summed E-state index contributed by atoms with van der Waals surface area (Å²) in [7, 11) is 0. The summed E-state index contributed by atoms with van der Waals surface area (Å²) >= 11 is 0. The average Bonchev–Trinajstić information content (AvgIpc) is 2.12. The Kier molecular flexibility index (Phi) is 15.5. The number of rotatable bonds is 5. The topological polar surface area (TPSA) is 138 Å². The van der Waals surface area contributed by atoms with Gasteiger partial charge < -0.3 is 30.6 Å². The van der Waals surface area contributed by atoms with Crippen LogP contribution in [0.1, 0.15) is 0 Å². The third-order valence-corrected chi connectivity index (χ3v) is 1.51. The van der Waals surface area contributed by atoms with Crippen LogP contribution in [-0.4, -0.2) is 135 Å². The maximum absolute atomic E-state index is 10.1. The first-order valence-electron chi connectivity index (χ1n) is 3.47. The predicted octanol–water partition coefficient (Wildman–Crippen LogP) is -5.06. The Labute approximate surface area is 138 Å². The molecule has 0 radical (unpaired) electrons. The van der Waals surface area contributed by atoms with Gasteiger partial charge in [-0.15, -0.1) is 0 Å². The molecule has 0 aliphatic carbocycles. The van der Waals surface area contributed by atoms with Gasteiger partial charge in [0.1, 0.15) is 18.3 Å². The molecule has 84 valence electrons. The summed E-state index contributed by atoms with van der Waals surface area (Å²) in [5, 5.41) is 51.8. The summed E-state index contributed by atoms with van der Waals surface area (Å²) in [5.74, 6) is -1.73. The molecule has 15 heavy (non-hydrogen) atoms. The summed E-state index contributed by atoms with van der Waals surface area (Å²) < 4.78 is 0. The molecule has 0 fully saturated rings. The SMILES string of the molecule is O=C(O)[C@H](O)[C@@H](O)[C@H](O)[C@H](O)CO.[CaH2].[NaH]. The normalized spacial score (nSPS) is 17.7. The van der Waals surface area contributed by atoms with Gasteiger partial charge in [0.05, 0.1) is 6.61 Å². The number of aliphatic hydroxyl groups is 5. The second kappa shape index (κ2) is 10.7. The third kappa shape index (κ3) is 7.45. The van der Waals surface area contributed by atoms with E-state index >= 15 is 0 Å². The van der Waals surface area contributed by atoms with Crippen LogP contribution in [0, 0.1) is 0 Å². The van der Waals surface area contributed by atoms with Crippen LogP contribution in [0.25, 0.3) is 0 Å². The number of carboxylic acid groups (broad SMARTS) is 1. The van der Waals surface area contributed by atoms with Gasteiger partial charge in [-0.05, 0) is 0 Å². The van der Waals surface area contributed by atoms with E-state index in [-0.39, 0.29) is 67.3 Å². The fraction of sp³-hybridized carbons (Fsp3) is 0.833. The van der Waals surface area contributed by atoms with Crippen LogP contribution in [0.15, 0.2) is 0 Å². The van der Waals surface area contributed by atoms with E-state index in [0.29, 0.717) is 0 Å². The quantitative estimate of drug-likeness (QED) is 0.273. The van der Waals surface area contributed by atoms with Crippen molar-refractivity contribution in [2.75, 3.05) is 6.61 Å². The van der Waals surface area contributed by atoms with Crippen molar-refractivity contribution in [1.29, 1.82) is 0 Å². The number of hydrogen-bond donors (Lipinski definition) is 6. The van der Waals surface area contributed by atoms with Crippen molar-refractivity contribution in [3.05, 3.63) is 0 Å². The first kappa shape index (κ1) is 21.8. The van der Waals surface area contributed by atoms with E-state index in [1.54, 1.807) is 0 Å². The van der Waals surface area contributed by atoms with Crippen LogP contribution in [-0.2, 0) is 4.79 Å². The molecular weight excluding hydrogens is 247 g/mol. The molecule has 0 aromatic carbocycles. The van der Waals surface area contributed by atoms with Crippen molar-refractivity contribution in [3.63, 3.8) is 0 Å². The molecule has 0 saturated heterocycles. The van der Waals surface area contributed by atoms with Crippen molar-refractivity contribution in [1.82, 2.24) is 0 Å². The second-order valence-electron chi connectivity index (χ2n) is 2.51. The third-order valence-electron chi connectivity index (χ3n) is 1.51. The molecule has 4 atom stereocenters. The molecule has 0 aromatic heterocycles. The average molecular weight is 262 g/mol. The van der Waals surface area contributed by atoms with E-state index in [4.69, 9.17) is 30.6 Å². The van der Waals surface area contributed by atoms with Gasteiger partial charge >= 0.3 is 73.3 Å². The number of carboxylic acids is 1. The van der Waals surface area contributed by atoms with Crippen LogP contribution < -0.4 is 0 Å². The summed E-state index contributed by atoms with van der Waals surface area (Å²) in [6.45, 7) is -0.843. The number of aliphatic carboxylic acids is 1. The van der Waals surface area contributed by atoms with E-state index in [2.05, 4.69) is 0 Å². The Balaban J connectivity index is -0.000000720. The molecule has 0 heterocycles. The Hall–Kier alpha value is 1.53. The molecule has 9 heteroatoms. The van der Waals surface area contributed by atoms with Crippen molar-refractivity contribution < 1.29 is 35.4 Å². The standard InChI is InChI=1S/C6H12O7.Ca.Na.3H/c7-1-2(8)3(9)4(10)5(11)6(12)13;;;;;/h2-5,7-11H,1H2,(H,12,13);;;;;/t2-,3-,4+,5-;;;;;/m1...../s1. The van der Waals surface area contributed by atoms with E-state index in [9.17, 15) is 4.79 Å². The van der Waals surface area contributed by atoms with Gasteiger partial charge in [0.15, 0.2) is 6.10 Å². The molecule has 0 unspecified atom stereocenters. The molecule has 0 aromatic rings. The van der Waals surface area contributed by atoms with E-state index in [1.807, 2.05) is 0 Å². The van der Waals surface area contributed by atoms with Gasteiger partial charge in [-0.1, -0.05) is 0 Å². The monoisotopic (exact) mass is 262 g/mol. The number of aliphatic hydroxyl groups excluding tert-OH is 5. The predicted molar refractivity (Wildman–Crippen MR) is 54.4 cm³/mol. The van der Waals surface area contributed by atoms with Gasteiger partial charge in [-0.2, -0.15) is 0 Å². The van der Waals surface area contributed by atoms with Crippen LogP contribution in [0.3, 0.4) is 0 Å². The van der Waals surface area contributed by atoms with Crippen LogP contribution in [0.4, 0.5) is 0 Å². The molecule has 0 saturated carbocycles. The molecule has 0 rings (SSSR count). The van der Waals surface area contributed by atoms with Crippen LogP contribution >= 0.6 is 0 Å². The fourth-order valence-electron chi connectivity index (χ4n) is 0.668. The maximum atomic E-state index is 10.1. The van der Waals surface area contributed by atoms with Gasteiger partial charge in [0, 0.05) is 0 Å². The Bertz CT molecular complexity index is 181.